The second kappa shape index (κ2) is 15.3. The number of benzene rings is 1. The fourth-order valence-electron chi connectivity index (χ4n) is 7.77. The monoisotopic (exact) mass is 789 g/mol. The lowest BCUT2D eigenvalue weighted by molar-refractivity contribution is -0.140. The zero-order valence-corrected chi connectivity index (χ0v) is 33.8. The van der Waals surface area contributed by atoms with Gasteiger partial charge in [0.25, 0.3) is 5.91 Å². The maximum absolute atomic E-state index is 14.3. The molecule has 2 aliphatic heterocycles. The molecule has 1 unspecified atom stereocenters. The Kier molecular flexibility index (Phi) is 10.9. The fourth-order valence-corrected chi connectivity index (χ4v) is 9.68. The van der Waals surface area contributed by atoms with Crippen LogP contribution in [0.5, 0.6) is 11.5 Å². The van der Waals surface area contributed by atoms with Crippen molar-refractivity contribution in [2.75, 3.05) is 6.54 Å². The minimum absolute atomic E-state index is 0.0378. The summed E-state index contributed by atoms with van der Waals surface area (Å²) in [6.45, 7) is 9.98. The summed E-state index contributed by atoms with van der Waals surface area (Å²) < 4.78 is 40.1. The van der Waals surface area contributed by atoms with Crippen molar-refractivity contribution in [2.24, 2.45) is 17.8 Å². The Bertz CT molecular complexity index is 2050. The lowest BCUT2D eigenvalue weighted by Gasteiger charge is -2.28. The highest BCUT2D eigenvalue weighted by Crippen LogP contribution is 2.47. The van der Waals surface area contributed by atoms with E-state index in [4.69, 9.17) is 14.5 Å². The molecule has 294 valence electrons. The third kappa shape index (κ3) is 8.60. The first kappa shape index (κ1) is 39.0. The van der Waals surface area contributed by atoms with Crippen molar-refractivity contribution in [2.45, 2.75) is 115 Å². The molecule has 2 aliphatic carbocycles. The summed E-state index contributed by atoms with van der Waals surface area (Å²) in [6, 6.07) is 10.4. The predicted molar refractivity (Wildman–Crippen MR) is 211 cm³/mol. The van der Waals surface area contributed by atoms with Crippen molar-refractivity contribution in [1.82, 2.24) is 24.9 Å². The Balaban J connectivity index is 1.17. The maximum atomic E-state index is 14.3. The summed E-state index contributed by atoms with van der Waals surface area (Å²) in [5.74, 6) is -0.0354. The number of nitrogens with zero attached hydrogens (tertiary/aromatic N) is 3. The molecule has 12 nitrogen and oxygen atoms in total. The van der Waals surface area contributed by atoms with Gasteiger partial charge in [0.05, 0.1) is 23.1 Å². The van der Waals surface area contributed by atoms with Gasteiger partial charge in [0.1, 0.15) is 39.9 Å². The molecule has 3 fully saturated rings. The Hall–Kier alpha value is -4.30. The number of ether oxygens (including phenoxy) is 2. The normalized spacial score (nSPS) is 28.5. The van der Waals surface area contributed by atoms with Crippen LogP contribution in [0.15, 0.2) is 60.1 Å². The van der Waals surface area contributed by atoms with Gasteiger partial charge < -0.3 is 19.7 Å². The van der Waals surface area contributed by atoms with Crippen LogP contribution < -0.4 is 19.5 Å². The molecule has 2 saturated carbocycles. The van der Waals surface area contributed by atoms with E-state index in [2.05, 4.69) is 28.9 Å². The van der Waals surface area contributed by atoms with E-state index in [0.717, 1.165) is 35.6 Å². The van der Waals surface area contributed by atoms with Gasteiger partial charge in [-0.3, -0.25) is 19.1 Å². The van der Waals surface area contributed by atoms with Crippen molar-refractivity contribution in [3.05, 3.63) is 60.1 Å². The molecular formula is C41H51N5O7S2. The van der Waals surface area contributed by atoms with E-state index in [1.165, 1.54) is 11.3 Å². The van der Waals surface area contributed by atoms with Crippen molar-refractivity contribution < 1.29 is 32.3 Å². The third-order valence-corrected chi connectivity index (χ3v) is 14.2. The van der Waals surface area contributed by atoms with Crippen LogP contribution in [-0.2, 0) is 24.4 Å². The van der Waals surface area contributed by atoms with Crippen LogP contribution in [0.25, 0.3) is 22.0 Å². The number of thiazole rings is 1. The number of allylic oxidation sites excluding steroid dienone is 1. The van der Waals surface area contributed by atoms with Gasteiger partial charge >= 0.3 is 0 Å². The molecule has 0 bridgehead atoms. The minimum Gasteiger partial charge on any atom is -0.491 e. The van der Waals surface area contributed by atoms with E-state index in [1.807, 2.05) is 67.8 Å². The molecule has 3 amide bonds. The van der Waals surface area contributed by atoms with E-state index >= 15 is 0 Å². The summed E-state index contributed by atoms with van der Waals surface area (Å²) in [5.41, 5.74) is 0.715. The van der Waals surface area contributed by atoms with E-state index in [9.17, 15) is 22.8 Å². The van der Waals surface area contributed by atoms with Crippen LogP contribution >= 0.6 is 11.3 Å². The summed E-state index contributed by atoms with van der Waals surface area (Å²) in [7, 11) is -3.94. The standard InChI is InChI=1S/C41H51N5O7S2/c1-25(2)52-30-12-10-28(11-13-30)33-20-31(21-34(43-33)38-42-16-17-54-38)53-32-22-35-37(48)44-41(39(49)45-55(50,51)40(5)14-15-40)23-29(41)9-7-6-8-26(3)18-27(4)19-36(47)46(35)24-32/h7,9-13,16-17,20-21,25-27,29,32,35H,6,8,14-15,18-19,22-24H2,1-5H3,(H,44,48)(H,45,49)/b9-7-/t26-,27-,29?,32-,35+,41-/m1/s1. The van der Waals surface area contributed by atoms with Crippen molar-refractivity contribution in [1.29, 1.82) is 0 Å². The number of amides is 3. The van der Waals surface area contributed by atoms with Gasteiger partial charge in [-0.2, -0.15) is 0 Å². The van der Waals surface area contributed by atoms with Crippen LogP contribution in [-0.4, -0.2) is 76.1 Å². The lowest BCUT2D eigenvalue weighted by Crippen LogP contribution is -2.57. The number of pyridine rings is 1. The molecule has 1 aromatic carbocycles. The summed E-state index contributed by atoms with van der Waals surface area (Å²) in [5, 5.41) is 5.56. The van der Waals surface area contributed by atoms with Gasteiger partial charge in [-0.05, 0) is 95.4 Å². The number of aromatic nitrogens is 2. The second-order valence-corrected chi connectivity index (χ2v) is 19.5. The maximum Gasteiger partial charge on any atom is 0.259 e. The van der Waals surface area contributed by atoms with Gasteiger partial charge in [-0.15, -0.1) is 11.3 Å². The zero-order valence-electron chi connectivity index (χ0n) is 32.1. The quantitative estimate of drug-likeness (QED) is 0.238. The molecule has 7 rings (SSSR count). The smallest absolute Gasteiger partial charge is 0.259 e. The van der Waals surface area contributed by atoms with Crippen molar-refractivity contribution in [3.8, 4) is 33.5 Å². The van der Waals surface area contributed by atoms with Crippen LogP contribution in [0.4, 0.5) is 0 Å². The lowest BCUT2D eigenvalue weighted by atomic mass is 9.91. The zero-order chi connectivity index (χ0) is 39.1. The van der Waals surface area contributed by atoms with E-state index in [-0.39, 0.29) is 49.7 Å². The molecule has 0 spiro atoms. The molecule has 55 heavy (non-hydrogen) atoms. The van der Waals surface area contributed by atoms with Gasteiger partial charge in [0.15, 0.2) is 0 Å². The highest BCUT2D eigenvalue weighted by Gasteiger charge is 2.63. The molecule has 0 radical (unpaired) electrons. The third-order valence-electron chi connectivity index (χ3n) is 11.3. The first-order valence-corrected chi connectivity index (χ1v) is 21.7. The number of fused-ring (bicyclic) bond motifs is 2. The Morgan fingerprint density at radius 1 is 1.05 bits per heavy atom. The van der Waals surface area contributed by atoms with Crippen LogP contribution in [0.1, 0.15) is 86.0 Å². The number of hydrogen-bond donors (Lipinski definition) is 2. The molecular weight excluding hydrogens is 739 g/mol. The molecule has 14 heteroatoms. The topological polar surface area (TPSA) is 157 Å². The molecule has 4 aliphatic rings. The van der Waals surface area contributed by atoms with Crippen LogP contribution in [0.3, 0.4) is 0 Å². The van der Waals surface area contributed by atoms with E-state index in [0.29, 0.717) is 35.9 Å². The van der Waals surface area contributed by atoms with Gasteiger partial charge in [0.2, 0.25) is 21.8 Å². The first-order chi connectivity index (χ1) is 26.1. The Labute approximate surface area is 327 Å². The summed E-state index contributed by atoms with van der Waals surface area (Å²) in [6.07, 6.45) is 9.38. The SMILES string of the molecule is CC(C)Oc1ccc(-c2cc(O[C@@H]3C[C@H]4C(=O)N[C@]5(C(=O)NS(=O)(=O)C6(C)CC6)CC5/C=C\CC[C@@H](C)C[C@@H](C)CC(=O)N4C3)cc(-c3nccs3)n2)cc1. The average Bonchev–Trinajstić information content (AvgIpc) is 3.87. The number of sulfonamides is 1. The number of nitrogens with one attached hydrogen (secondary N) is 2. The van der Waals surface area contributed by atoms with E-state index in [1.54, 1.807) is 18.0 Å². The summed E-state index contributed by atoms with van der Waals surface area (Å²) >= 11 is 1.46. The summed E-state index contributed by atoms with van der Waals surface area (Å²) in [4.78, 5) is 53.2. The minimum atomic E-state index is -3.94. The highest BCUT2D eigenvalue weighted by atomic mass is 32.2. The van der Waals surface area contributed by atoms with Crippen molar-refractivity contribution in [3.63, 3.8) is 0 Å². The molecule has 6 atom stereocenters. The van der Waals surface area contributed by atoms with Gasteiger partial charge in [0, 0.05) is 48.0 Å². The molecule has 1 saturated heterocycles. The fraction of sp³-hybridized carbons (Fsp3) is 0.537. The molecule has 2 aromatic heterocycles. The largest absolute Gasteiger partial charge is 0.491 e. The number of carbonyl (C=O) groups excluding carboxylic acids is 3. The molecule has 3 aromatic rings. The highest BCUT2D eigenvalue weighted by molar-refractivity contribution is 7.91. The first-order valence-electron chi connectivity index (χ1n) is 19.4. The predicted octanol–water partition coefficient (Wildman–Crippen LogP) is 6.28. The van der Waals surface area contributed by atoms with Crippen LogP contribution in [0, 0.1) is 17.8 Å². The number of rotatable bonds is 9. The molecule has 4 heterocycles. The van der Waals surface area contributed by atoms with Crippen molar-refractivity contribution >= 4 is 39.1 Å². The second-order valence-electron chi connectivity index (χ2n) is 16.5. The number of carbonyl (C=O) groups is 3. The Morgan fingerprint density at radius 2 is 1.80 bits per heavy atom. The van der Waals surface area contributed by atoms with Gasteiger partial charge in [-0.1, -0.05) is 26.0 Å². The van der Waals surface area contributed by atoms with Gasteiger partial charge in [-0.25, -0.2) is 18.4 Å². The van der Waals surface area contributed by atoms with E-state index < -0.39 is 44.3 Å². The average molecular weight is 790 g/mol. The molecule has 2 N–H and O–H groups in total. The Morgan fingerprint density at radius 3 is 2.49 bits per heavy atom. The van der Waals surface area contributed by atoms with Crippen LogP contribution in [0.2, 0.25) is 0 Å². The number of hydrogen-bond acceptors (Lipinski definition) is 10.